The number of hydrogen-bond acceptors (Lipinski definition) is 2. The van der Waals surface area contributed by atoms with E-state index in [1.54, 1.807) is 0 Å². The molecule has 3 nitrogen and oxygen atoms in total. The molecule has 21 heavy (non-hydrogen) atoms. The Hall–Kier alpha value is -1.94. The maximum atomic E-state index is 12.7. The minimum Gasteiger partial charge on any atom is -0.352 e. The van der Waals surface area contributed by atoms with E-state index in [0.717, 1.165) is 40.7 Å². The summed E-state index contributed by atoms with van der Waals surface area (Å²) in [7, 11) is 0. The van der Waals surface area contributed by atoms with Gasteiger partial charge in [0.2, 0.25) is 0 Å². The van der Waals surface area contributed by atoms with Gasteiger partial charge in [-0.15, -0.1) is 0 Å². The average molecular weight is 298 g/mol. The van der Waals surface area contributed by atoms with Gasteiger partial charge in [-0.05, 0) is 49.1 Å². The molecular formula is C17H18N2OS. The number of H-pyrrole nitrogens is 1. The molecule has 0 bridgehead atoms. The van der Waals surface area contributed by atoms with Gasteiger partial charge in [-0.25, -0.2) is 0 Å². The molecule has 3 rings (SSSR count). The lowest BCUT2D eigenvalue weighted by Gasteiger charge is -2.25. The van der Waals surface area contributed by atoms with Crippen LogP contribution in [0.3, 0.4) is 0 Å². The zero-order valence-corrected chi connectivity index (χ0v) is 12.8. The first-order valence-corrected chi connectivity index (χ1v) is 7.63. The van der Waals surface area contributed by atoms with E-state index in [4.69, 9.17) is 12.2 Å². The Morgan fingerprint density at radius 2 is 2.10 bits per heavy atom. The van der Waals surface area contributed by atoms with E-state index in [1.165, 1.54) is 0 Å². The third kappa shape index (κ3) is 2.76. The van der Waals surface area contributed by atoms with Crippen molar-refractivity contribution >= 4 is 18.1 Å². The standard InChI is InChI=1S/C17H18N2OS/c1-12-10-14(11-18-16(12)21)15-8-5-9-19(15)17(20)13-6-3-2-4-7-13/h2-4,6-7,10-11,15H,5,8-9H2,1H3,(H,18,21). The van der Waals surface area contributed by atoms with Crippen LogP contribution in [0.1, 0.15) is 40.4 Å². The largest absolute Gasteiger partial charge is 0.352 e. The van der Waals surface area contributed by atoms with Gasteiger partial charge in [0.15, 0.2) is 0 Å². The van der Waals surface area contributed by atoms with Crippen LogP contribution in [0.4, 0.5) is 0 Å². The zero-order valence-electron chi connectivity index (χ0n) is 12.0. The molecule has 1 saturated heterocycles. The predicted molar refractivity (Wildman–Crippen MR) is 85.8 cm³/mol. The monoisotopic (exact) mass is 298 g/mol. The second-order valence-electron chi connectivity index (χ2n) is 5.47. The van der Waals surface area contributed by atoms with Crippen molar-refractivity contribution in [3.8, 4) is 0 Å². The number of aryl methyl sites for hydroxylation is 1. The normalized spacial score (nSPS) is 18.0. The maximum Gasteiger partial charge on any atom is 0.254 e. The number of amides is 1. The van der Waals surface area contributed by atoms with E-state index >= 15 is 0 Å². The molecule has 0 spiro atoms. The fourth-order valence-electron chi connectivity index (χ4n) is 2.92. The molecule has 1 amide bonds. The topological polar surface area (TPSA) is 36.1 Å². The first kappa shape index (κ1) is 14.0. The van der Waals surface area contributed by atoms with Gasteiger partial charge in [0.05, 0.1) is 6.04 Å². The highest BCUT2D eigenvalue weighted by atomic mass is 32.1. The molecule has 0 aliphatic carbocycles. The van der Waals surface area contributed by atoms with E-state index < -0.39 is 0 Å². The number of carbonyl (C=O) groups excluding carboxylic acids is 1. The molecule has 1 unspecified atom stereocenters. The SMILES string of the molecule is Cc1cc(C2CCCN2C(=O)c2ccccc2)c[nH]c1=S. The van der Waals surface area contributed by atoms with E-state index in [0.29, 0.717) is 0 Å². The van der Waals surface area contributed by atoms with Gasteiger partial charge in [0.1, 0.15) is 4.64 Å². The third-order valence-corrected chi connectivity index (χ3v) is 4.47. The highest BCUT2D eigenvalue weighted by Crippen LogP contribution is 2.33. The molecule has 1 aliphatic heterocycles. The minimum atomic E-state index is 0.109. The molecule has 2 aromatic rings. The zero-order chi connectivity index (χ0) is 14.8. The lowest BCUT2D eigenvalue weighted by Crippen LogP contribution is -2.30. The number of rotatable bonds is 2. The van der Waals surface area contributed by atoms with Gasteiger partial charge < -0.3 is 9.88 Å². The van der Waals surface area contributed by atoms with Gasteiger partial charge in [-0.1, -0.05) is 30.4 Å². The molecule has 0 saturated carbocycles. The lowest BCUT2D eigenvalue weighted by molar-refractivity contribution is 0.0735. The van der Waals surface area contributed by atoms with E-state index in [-0.39, 0.29) is 11.9 Å². The molecule has 1 fully saturated rings. The summed E-state index contributed by atoms with van der Waals surface area (Å²) in [6.07, 6.45) is 3.98. The van der Waals surface area contributed by atoms with Crippen LogP contribution in [0.15, 0.2) is 42.6 Å². The van der Waals surface area contributed by atoms with Gasteiger partial charge >= 0.3 is 0 Å². The number of carbonyl (C=O) groups is 1. The van der Waals surface area contributed by atoms with Crippen molar-refractivity contribution < 1.29 is 4.79 Å². The van der Waals surface area contributed by atoms with Crippen molar-refractivity contribution in [2.45, 2.75) is 25.8 Å². The van der Waals surface area contributed by atoms with Crippen LogP contribution < -0.4 is 0 Å². The fourth-order valence-corrected chi connectivity index (χ4v) is 3.03. The first-order chi connectivity index (χ1) is 10.2. The summed E-state index contributed by atoms with van der Waals surface area (Å²) in [5.74, 6) is 0.109. The summed E-state index contributed by atoms with van der Waals surface area (Å²) in [6.45, 7) is 2.81. The van der Waals surface area contributed by atoms with Crippen molar-refractivity contribution in [3.05, 3.63) is 63.9 Å². The molecule has 1 aromatic carbocycles. The Labute approximate surface area is 129 Å². The van der Waals surface area contributed by atoms with Crippen LogP contribution >= 0.6 is 12.2 Å². The van der Waals surface area contributed by atoms with Crippen molar-refractivity contribution in [2.75, 3.05) is 6.54 Å². The second kappa shape index (κ2) is 5.82. The molecule has 4 heteroatoms. The number of benzene rings is 1. The quantitative estimate of drug-likeness (QED) is 0.850. The van der Waals surface area contributed by atoms with Crippen LogP contribution in [-0.4, -0.2) is 22.3 Å². The Morgan fingerprint density at radius 3 is 2.81 bits per heavy atom. The first-order valence-electron chi connectivity index (χ1n) is 7.22. The third-order valence-electron chi connectivity index (χ3n) is 4.03. The summed E-state index contributed by atoms with van der Waals surface area (Å²) in [5.41, 5.74) is 2.95. The summed E-state index contributed by atoms with van der Waals surface area (Å²) in [5, 5.41) is 0. The van der Waals surface area contributed by atoms with Crippen LogP contribution in [0.2, 0.25) is 0 Å². The van der Waals surface area contributed by atoms with Crippen molar-refractivity contribution in [2.24, 2.45) is 0 Å². The smallest absolute Gasteiger partial charge is 0.254 e. The van der Waals surface area contributed by atoms with Gasteiger partial charge in [-0.2, -0.15) is 0 Å². The van der Waals surface area contributed by atoms with Gasteiger partial charge in [0.25, 0.3) is 5.91 Å². The molecule has 1 atom stereocenters. The van der Waals surface area contributed by atoms with E-state index in [9.17, 15) is 4.79 Å². The molecule has 2 heterocycles. The number of hydrogen-bond donors (Lipinski definition) is 1. The summed E-state index contributed by atoms with van der Waals surface area (Å²) in [6, 6.07) is 11.7. The maximum absolute atomic E-state index is 12.7. The van der Waals surface area contributed by atoms with E-state index in [2.05, 4.69) is 11.1 Å². The Bertz CT molecular complexity index is 708. The highest BCUT2D eigenvalue weighted by Gasteiger charge is 2.30. The summed E-state index contributed by atoms with van der Waals surface area (Å²) in [4.78, 5) is 17.8. The summed E-state index contributed by atoms with van der Waals surface area (Å²) >= 11 is 5.21. The lowest BCUT2D eigenvalue weighted by atomic mass is 10.0. The van der Waals surface area contributed by atoms with Crippen molar-refractivity contribution in [1.82, 2.24) is 9.88 Å². The molecule has 1 aromatic heterocycles. The van der Waals surface area contributed by atoms with E-state index in [1.807, 2.05) is 48.4 Å². The molecule has 108 valence electrons. The number of aromatic nitrogens is 1. The molecule has 0 radical (unpaired) electrons. The number of likely N-dealkylation sites (tertiary alicyclic amines) is 1. The molecular weight excluding hydrogens is 280 g/mol. The molecule has 1 aliphatic rings. The van der Waals surface area contributed by atoms with Crippen LogP contribution in [-0.2, 0) is 0 Å². The number of nitrogens with zero attached hydrogens (tertiary/aromatic N) is 1. The van der Waals surface area contributed by atoms with Crippen molar-refractivity contribution in [1.29, 1.82) is 0 Å². The number of nitrogens with one attached hydrogen (secondary N) is 1. The fraction of sp³-hybridized carbons (Fsp3) is 0.294. The van der Waals surface area contributed by atoms with Gasteiger partial charge in [0, 0.05) is 18.3 Å². The highest BCUT2D eigenvalue weighted by molar-refractivity contribution is 7.71. The van der Waals surface area contributed by atoms with Crippen LogP contribution in [0.5, 0.6) is 0 Å². The summed E-state index contributed by atoms with van der Waals surface area (Å²) < 4.78 is 0.762. The predicted octanol–water partition coefficient (Wildman–Crippen LogP) is 4.03. The van der Waals surface area contributed by atoms with Gasteiger partial charge in [-0.3, -0.25) is 4.79 Å². The second-order valence-corrected chi connectivity index (χ2v) is 5.88. The molecule has 1 N–H and O–H groups in total. The number of aromatic amines is 1. The number of pyridine rings is 1. The van der Waals surface area contributed by atoms with Crippen LogP contribution in [0.25, 0.3) is 0 Å². The van der Waals surface area contributed by atoms with Crippen LogP contribution in [0, 0.1) is 11.6 Å². The minimum absolute atomic E-state index is 0.109. The Morgan fingerprint density at radius 1 is 1.33 bits per heavy atom. The Kier molecular flexibility index (Phi) is 3.88. The Balaban J connectivity index is 1.90. The average Bonchev–Trinajstić information content (AvgIpc) is 2.99. The van der Waals surface area contributed by atoms with Crippen molar-refractivity contribution in [3.63, 3.8) is 0 Å².